The highest BCUT2D eigenvalue weighted by Crippen LogP contribution is 2.39. The molecule has 2 saturated heterocycles. The van der Waals surface area contributed by atoms with Crippen LogP contribution in [0, 0.1) is 5.82 Å². The highest BCUT2D eigenvalue weighted by molar-refractivity contribution is 5.85. The fourth-order valence-electron chi connectivity index (χ4n) is 4.99. The first-order chi connectivity index (χ1) is 16.1. The Morgan fingerprint density at radius 2 is 1.97 bits per heavy atom. The number of carbonyl (C=O) groups excluding carboxylic acids is 1. The average Bonchev–Trinajstić information content (AvgIpc) is 3.27. The maximum atomic E-state index is 13.3. The first-order valence-electron chi connectivity index (χ1n) is 11.3. The summed E-state index contributed by atoms with van der Waals surface area (Å²) in [6.45, 7) is 3.22. The summed E-state index contributed by atoms with van der Waals surface area (Å²) in [6.07, 6.45) is -3.76. The van der Waals surface area contributed by atoms with Gasteiger partial charge >= 0.3 is 6.18 Å². The molecule has 2 heterocycles. The summed E-state index contributed by atoms with van der Waals surface area (Å²) >= 11 is 0. The predicted molar refractivity (Wildman–Crippen MR) is 118 cm³/mol. The quantitative estimate of drug-likeness (QED) is 0.619. The molecule has 0 aromatic heterocycles. The van der Waals surface area contributed by atoms with Crippen molar-refractivity contribution in [1.29, 1.82) is 0 Å². The summed E-state index contributed by atoms with van der Waals surface area (Å²) in [4.78, 5) is 14.7. The predicted octanol–water partition coefficient (Wildman–Crippen LogP) is 4.50. The standard InChI is InChI=1S/C25H28F4N2O3/c1-16(17-5-7-19(26)8-6-17)22-14-24(23(30)32,10-12-33-22)31-11-9-21(15-31)34-20-4-2-3-18(13-20)25(27,28)29/h2-8,13,16,21-22H,9-12,14-15H2,1H3,(H2,30,32)/t16-,21+,22?,24?/m0/s1. The summed E-state index contributed by atoms with van der Waals surface area (Å²) in [7, 11) is 0. The zero-order valence-electron chi connectivity index (χ0n) is 18.9. The van der Waals surface area contributed by atoms with E-state index >= 15 is 0 Å². The molecule has 0 saturated carbocycles. The lowest BCUT2D eigenvalue weighted by Gasteiger charge is -2.46. The molecule has 5 nitrogen and oxygen atoms in total. The van der Waals surface area contributed by atoms with Gasteiger partial charge in [-0.05, 0) is 48.7 Å². The molecule has 2 aliphatic heterocycles. The number of rotatable bonds is 6. The summed E-state index contributed by atoms with van der Waals surface area (Å²) in [5, 5.41) is 0. The van der Waals surface area contributed by atoms with Gasteiger partial charge < -0.3 is 15.2 Å². The van der Waals surface area contributed by atoms with Gasteiger partial charge in [-0.1, -0.05) is 25.1 Å². The van der Waals surface area contributed by atoms with Crippen molar-refractivity contribution in [1.82, 2.24) is 4.90 Å². The van der Waals surface area contributed by atoms with Crippen molar-refractivity contribution in [3.05, 3.63) is 65.5 Å². The van der Waals surface area contributed by atoms with Crippen LogP contribution in [0.2, 0.25) is 0 Å². The summed E-state index contributed by atoms with van der Waals surface area (Å²) in [5.41, 5.74) is 5.11. The molecule has 2 aromatic carbocycles. The zero-order chi connectivity index (χ0) is 24.5. The largest absolute Gasteiger partial charge is 0.489 e. The van der Waals surface area contributed by atoms with Crippen molar-refractivity contribution >= 4 is 5.91 Å². The number of halogens is 4. The second kappa shape index (κ2) is 9.54. The Morgan fingerprint density at radius 1 is 1.24 bits per heavy atom. The molecule has 34 heavy (non-hydrogen) atoms. The van der Waals surface area contributed by atoms with E-state index < -0.39 is 23.2 Å². The molecule has 4 atom stereocenters. The second-order valence-electron chi connectivity index (χ2n) is 9.10. The molecule has 1 amide bonds. The lowest BCUT2D eigenvalue weighted by Crippen LogP contribution is -2.61. The minimum atomic E-state index is -4.45. The SMILES string of the molecule is C[C@@H](c1ccc(F)cc1)C1CC(C(N)=O)(N2CC[C@@H](Oc3cccc(C(F)(F)F)c3)C2)CCO1. The fraction of sp³-hybridized carbons (Fsp3) is 0.480. The molecular formula is C25H28F4N2O3. The molecule has 4 rings (SSSR count). The zero-order valence-corrected chi connectivity index (χ0v) is 18.9. The molecule has 0 aliphatic carbocycles. The molecule has 2 aromatic rings. The Bertz CT molecular complexity index is 1010. The van der Waals surface area contributed by atoms with Crippen molar-refractivity contribution in [3.8, 4) is 5.75 Å². The minimum Gasteiger partial charge on any atom is -0.489 e. The van der Waals surface area contributed by atoms with Gasteiger partial charge in [0.25, 0.3) is 0 Å². The van der Waals surface area contributed by atoms with E-state index in [1.54, 1.807) is 12.1 Å². The van der Waals surface area contributed by atoms with Crippen LogP contribution in [0.15, 0.2) is 48.5 Å². The lowest BCUT2D eigenvalue weighted by atomic mass is 9.79. The third-order valence-corrected chi connectivity index (χ3v) is 7.01. The molecule has 0 radical (unpaired) electrons. The molecule has 2 N–H and O–H groups in total. The third kappa shape index (κ3) is 5.05. The maximum Gasteiger partial charge on any atom is 0.416 e. The fourth-order valence-corrected chi connectivity index (χ4v) is 4.99. The first-order valence-corrected chi connectivity index (χ1v) is 11.3. The van der Waals surface area contributed by atoms with E-state index in [-0.39, 0.29) is 29.7 Å². The number of ether oxygens (including phenoxy) is 2. The number of primary amides is 1. The van der Waals surface area contributed by atoms with Gasteiger partial charge in [-0.2, -0.15) is 13.2 Å². The van der Waals surface area contributed by atoms with Crippen LogP contribution in [-0.4, -0.2) is 48.3 Å². The van der Waals surface area contributed by atoms with Crippen molar-refractivity contribution < 1.29 is 31.8 Å². The van der Waals surface area contributed by atoms with Crippen LogP contribution in [0.1, 0.15) is 43.2 Å². The van der Waals surface area contributed by atoms with E-state index in [0.29, 0.717) is 39.0 Å². The number of alkyl halides is 3. The third-order valence-electron chi connectivity index (χ3n) is 7.01. The summed E-state index contributed by atoms with van der Waals surface area (Å²) in [6, 6.07) is 11.0. The van der Waals surface area contributed by atoms with Gasteiger partial charge in [0.1, 0.15) is 23.2 Å². The number of carbonyl (C=O) groups is 1. The highest BCUT2D eigenvalue weighted by atomic mass is 19.4. The number of likely N-dealkylation sites (tertiary alicyclic amines) is 1. The van der Waals surface area contributed by atoms with E-state index in [9.17, 15) is 22.4 Å². The Balaban J connectivity index is 1.47. The number of hydrogen-bond donors (Lipinski definition) is 1. The number of benzene rings is 2. The van der Waals surface area contributed by atoms with E-state index in [1.807, 2.05) is 11.8 Å². The molecule has 0 bridgehead atoms. The number of nitrogens with two attached hydrogens (primary N) is 1. The van der Waals surface area contributed by atoms with Crippen LogP contribution in [0.4, 0.5) is 17.6 Å². The van der Waals surface area contributed by atoms with Gasteiger partial charge in [-0.15, -0.1) is 0 Å². The molecular weight excluding hydrogens is 452 g/mol. The number of hydrogen-bond acceptors (Lipinski definition) is 4. The van der Waals surface area contributed by atoms with Crippen LogP contribution < -0.4 is 10.5 Å². The second-order valence-corrected chi connectivity index (χ2v) is 9.10. The van der Waals surface area contributed by atoms with Gasteiger partial charge in [-0.25, -0.2) is 4.39 Å². The number of amides is 1. The van der Waals surface area contributed by atoms with Crippen molar-refractivity contribution in [2.45, 2.75) is 56.0 Å². The van der Waals surface area contributed by atoms with Crippen molar-refractivity contribution in [2.75, 3.05) is 19.7 Å². The van der Waals surface area contributed by atoms with Crippen molar-refractivity contribution in [3.63, 3.8) is 0 Å². The van der Waals surface area contributed by atoms with Crippen LogP contribution in [0.25, 0.3) is 0 Å². The summed E-state index contributed by atoms with van der Waals surface area (Å²) < 4.78 is 64.2. The smallest absolute Gasteiger partial charge is 0.416 e. The van der Waals surface area contributed by atoms with Gasteiger partial charge in [0.15, 0.2) is 0 Å². The van der Waals surface area contributed by atoms with Crippen LogP contribution in [0.3, 0.4) is 0 Å². The summed E-state index contributed by atoms with van der Waals surface area (Å²) in [5.74, 6) is -0.716. The maximum absolute atomic E-state index is 13.3. The minimum absolute atomic E-state index is 0.0839. The normalized spacial score (nSPS) is 26.9. The molecule has 2 aliphatic rings. The number of nitrogens with zero attached hydrogens (tertiary/aromatic N) is 1. The van der Waals surface area contributed by atoms with Gasteiger partial charge in [0.2, 0.25) is 5.91 Å². The van der Waals surface area contributed by atoms with Gasteiger partial charge in [0.05, 0.1) is 11.7 Å². The molecule has 184 valence electrons. The first kappa shape index (κ1) is 24.5. The lowest BCUT2D eigenvalue weighted by molar-refractivity contribution is -0.142. The van der Waals surface area contributed by atoms with Crippen LogP contribution in [-0.2, 0) is 15.7 Å². The van der Waals surface area contributed by atoms with E-state index in [0.717, 1.165) is 17.7 Å². The van der Waals surface area contributed by atoms with E-state index in [2.05, 4.69) is 0 Å². The molecule has 9 heteroatoms. The Kier molecular flexibility index (Phi) is 6.87. The van der Waals surface area contributed by atoms with Gasteiger partial charge in [-0.3, -0.25) is 9.69 Å². The molecule has 2 unspecified atom stereocenters. The Labute approximate surface area is 195 Å². The van der Waals surface area contributed by atoms with Crippen molar-refractivity contribution in [2.24, 2.45) is 5.73 Å². The highest BCUT2D eigenvalue weighted by Gasteiger charge is 2.50. The van der Waals surface area contributed by atoms with E-state index in [4.69, 9.17) is 15.2 Å². The van der Waals surface area contributed by atoms with Crippen LogP contribution in [0.5, 0.6) is 5.75 Å². The van der Waals surface area contributed by atoms with Crippen LogP contribution >= 0.6 is 0 Å². The molecule has 2 fully saturated rings. The Hall–Kier alpha value is -2.65. The topological polar surface area (TPSA) is 64.8 Å². The van der Waals surface area contributed by atoms with E-state index in [1.165, 1.54) is 24.3 Å². The Morgan fingerprint density at radius 3 is 2.65 bits per heavy atom. The average molecular weight is 481 g/mol. The monoisotopic (exact) mass is 480 g/mol. The van der Waals surface area contributed by atoms with Gasteiger partial charge in [0, 0.05) is 32.0 Å². The molecule has 0 spiro atoms.